The summed E-state index contributed by atoms with van der Waals surface area (Å²) in [5.41, 5.74) is 6.33. The molecule has 0 spiro atoms. The van der Waals surface area contributed by atoms with Gasteiger partial charge in [0.25, 0.3) is 0 Å². The third kappa shape index (κ3) is 3.42. The van der Waals surface area contributed by atoms with Crippen molar-refractivity contribution in [2.45, 2.75) is 51.5 Å². The van der Waals surface area contributed by atoms with Crippen LogP contribution in [-0.4, -0.2) is 21.1 Å². The van der Waals surface area contributed by atoms with Crippen molar-refractivity contribution in [3.63, 3.8) is 0 Å². The first-order valence-electron chi connectivity index (χ1n) is 11.8. The van der Waals surface area contributed by atoms with E-state index < -0.39 is 0 Å². The maximum Gasteiger partial charge on any atom is 0.229 e. The van der Waals surface area contributed by atoms with Crippen molar-refractivity contribution in [3.8, 4) is 0 Å². The molecule has 2 aromatic heterocycles. The number of benzene rings is 2. The molecule has 162 valence electrons. The number of nitrogens with one attached hydrogen (secondary N) is 1. The zero-order valence-corrected chi connectivity index (χ0v) is 18.6. The van der Waals surface area contributed by atoms with E-state index in [9.17, 15) is 0 Å². The van der Waals surface area contributed by atoms with Crippen molar-refractivity contribution in [3.05, 3.63) is 72.1 Å². The molecule has 0 bridgehead atoms. The first-order valence-corrected chi connectivity index (χ1v) is 11.8. The summed E-state index contributed by atoms with van der Waals surface area (Å²) in [4.78, 5) is 11.8. The van der Waals surface area contributed by atoms with Crippen LogP contribution in [0.5, 0.6) is 0 Å². The third-order valence-electron chi connectivity index (χ3n) is 7.03. The molecule has 1 fully saturated rings. The first kappa shape index (κ1) is 19.4. The molecule has 5 nitrogen and oxygen atoms in total. The van der Waals surface area contributed by atoms with Crippen molar-refractivity contribution in [2.75, 3.05) is 16.8 Å². The highest BCUT2D eigenvalue weighted by Crippen LogP contribution is 2.36. The average molecular weight is 424 g/mol. The predicted molar refractivity (Wildman–Crippen MR) is 131 cm³/mol. The fourth-order valence-corrected chi connectivity index (χ4v) is 5.49. The molecule has 2 aliphatic rings. The second-order valence-corrected chi connectivity index (χ2v) is 9.14. The van der Waals surface area contributed by atoms with Gasteiger partial charge in [-0.15, -0.1) is 0 Å². The van der Waals surface area contributed by atoms with E-state index in [2.05, 4.69) is 75.4 Å². The maximum absolute atomic E-state index is 4.90. The highest BCUT2D eigenvalue weighted by molar-refractivity contribution is 5.84. The number of nitrogens with zero attached hydrogens (tertiary/aromatic N) is 4. The third-order valence-corrected chi connectivity index (χ3v) is 7.03. The Balaban J connectivity index is 1.31. The van der Waals surface area contributed by atoms with Gasteiger partial charge in [-0.2, -0.15) is 4.98 Å². The monoisotopic (exact) mass is 423 g/mol. The summed E-state index contributed by atoms with van der Waals surface area (Å²) >= 11 is 0. The number of para-hydroxylation sites is 1. The van der Waals surface area contributed by atoms with E-state index in [1.807, 2.05) is 12.3 Å². The number of anilines is 4. The molecule has 0 unspecified atom stereocenters. The number of aromatic nitrogens is 3. The lowest BCUT2D eigenvalue weighted by atomic mass is 9.98. The van der Waals surface area contributed by atoms with Crippen LogP contribution in [-0.2, 0) is 6.42 Å². The number of hydrogen-bond acceptors (Lipinski definition) is 4. The van der Waals surface area contributed by atoms with Gasteiger partial charge in [0.15, 0.2) is 0 Å². The average Bonchev–Trinajstić information content (AvgIpc) is 3.49. The molecule has 1 aliphatic heterocycles. The molecule has 5 heteroatoms. The zero-order chi connectivity index (χ0) is 21.5. The molecule has 32 heavy (non-hydrogen) atoms. The fourth-order valence-electron chi connectivity index (χ4n) is 5.49. The van der Waals surface area contributed by atoms with Gasteiger partial charge in [-0.1, -0.05) is 37.1 Å². The molecule has 0 saturated heterocycles. The Labute approximate surface area is 189 Å². The summed E-state index contributed by atoms with van der Waals surface area (Å²) in [6, 6.07) is 18.0. The summed E-state index contributed by atoms with van der Waals surface area (Å²) in [5.74, 6) is 1.59. The lowest BCUT2D eigenvalue weighted by molar-refractivity contribution is 0.536. The molecule has 4 aromatic rings. The van der Waals surface area contributed by atoms with Crippen LogP contribution in [0.3, 0.4) is 0 Å². The fraction of sp³-hybridized carbons (Fsp3) is 0.333. The molecular weight excluding hydrogens is 394 g/mol. The molecule has 0 amide bonds. The smallest absolute Gasteiger partial charge is 0.229 e. The van der Waals surface area contributed by atoms with E-state index in [-0.39, 0.29) is 0 Å². The van der Waals surface area contributed by atoms with Gasteiger partial charge in [-0.05, 0) is 73.4 Å². The van der Waals surface area contributed by atoms with Gasteiger partial charge in [0.2, 0.25) is 5.95 Å². The Kier molecular flexibility index (Phi) is 4.82. The Morgan fingerprint density at radius 1 is 1.00 bits per heavy atom. The Morgan fingerprint density at radius 2 is 1.91 bits per heavy atom. The van der Waals surface area contributed by atoms with Gasteiger partial charge in [0.05, 0.1) is 5.52 Å². The molecule has 0 radical (unpaired) electrons. The summed E-state index contributed by atoms with van der Waals surface area (Å²) in [6.45, 7) is 3.17. The van der Waals surface area contributed by atoms with Gasteiger partial charge < -0.3 is 14.8 Å². The number of fused-ring (bicyclic) bond motifs is 2. The van der Waals surface area contributed by atoms with Crippen molar-refractivity contribution in [1.29, 1.82) is 0 Å². The summed E-state index contributed by atoms with van der Waals surface area (Å²) in [6.07, 6.45) is 11.6. The lowest BCUT2D eigenvalue weighted by Crippen LogP contribution is -2.26. The molecule has 0 atom stereocenters. The van der Waals surface area contributed by atoms with Crippen LogP contribution in [0, 0.1) is 6.92 Å². The molecular formula is C27H29N5. The molecule has 1 saturated carbocycles. The quantitative estimate of drug-likeness (QED) is 0.397. The minimum absolute atomic E-state index is 0.629. The second kappa shape index (κ2) is 7.97. The number of aryl methyl sites for hydroxylation is 2. The largest absolute Gasteiger partial charge is 0.344 e. The molecule has 2 aromatic carbocycles. The van der Waals surface area contributed by atoms with Crippen LogP contribution >= 0.6 is 0 Å². The number of hydrogen-bond donors (Lipinski definition) is 1. The molecule has 3 heterocycles. The van der Waals surface area contributed by atoms with E-state index in [4.69, 9.17) is 4.98 Å². The topological polar surface area (TPSA) is 46.0 Å². The minimum Gasteiger partial charge on any atom is -0.344 e. The van der Waals surface area contributed by atoms with Crippen molar-refractivity contribution in [1.82, 2.24) is 14.5 Å². The SMILES string of the molecule is Cc1cccc2c1N(c1ccnc(Nc3ccc4ccn(C5CCCC5)c4c3)n1)CCC2. The van der Waals surface area contributed by atoms with Crippen LogP contribution in [0.1, 0.15) is 49.3 Å². The molecule has 1 N–H and O–H groups in total. The predicted octanol–water partition coefficient (Wildman–Crippen LogP) is 6.68. The molecule has 1 aliphatic carbocycles. The van der Waals surface area contributed by atoms with E-state index in [1.165, 1.54) is 53.4 Å². The molecule has 6 rings (SSSR count). The minimum atomic E-state index is 0.629. The zero-order valence-electron chi connectivity index (χ0n) is 18.6. The summed E-state index contributed by atoms with van der Waals surface area (Å²) in [5, 5.41) is 4.75. The van der Waals surface area contributed by atoms with Crippen molar-refractivity contribution >= 4 is 34.0 Å². The Bertz CT molecular complexity index is 1270. The lowest BCUT2D eigenvalue weighted by Gasteiger charge is -2.32. The van der Waals surface area contributed by atoms with Crippen LogP contribution in [0.4, 0.5) is 23.1 Å². The van der Waals surface area contributed by atoms with Gasteiger partial charge >= 0.3 is 0 Å². The van der Waals surface area contributed by atoms with Gasteiger partial charge in [-0.3, -0.25) is 0 Å². The summed E-state index contributed by atoms with van der Waals surface area (Å²) < 4.78 is 2.46. The van der Waals surface area contributed by atoms with E-state index in [0.717, 1.165) is 30.9 Å². The van der Waals surface area contributed by atoms with E-state index >= 15 is 0 Å². The van der Waals surface area contributed by atoms with Crippen LogP contribution in [0.2, 0.25) is 0 Å². The van der Waals surface area contributed by atoms with Crippen LogP contribution < -0.4 is 10.2 Å². The highest BCUT2D eigenvalue weighted by atomic mass is 15.2. The maximum atomic E-state index is 4.90. The Hall–Kier alpha value is -3.34. The van der Waals surface area contributed by atoms with Crippen LogP contribution in [0.15, 0.2) is 60.9 Å². The van der Waals surface area contributed by atoms with E-state index in [1.54, 1.807) is 0 Å². The standard InChI is InChI=1S/C27H29N5/c1-19-6-4-7-21-8-5-16-32(26(19)21)25-13-15-28-27(30-25)29-22-12-11-20-14-17-31(24(20)18-22)23-9-2-3-10-23/h4,6-7,11-15,17-18,23H,2-3,5,8-10,16H2,1H3,(H,28,29,30). The van der Waals surface area contributed by atoms with Crippen molar-refractivity contribution < 1.29 is 0 Å². The highest BCUT2D eigenvalue weighted by Gasteiger charge is 2.21. The second-order valence-electron chi connectivity index (χ2n) is 9.14. The number of rotatable bonds is 4. The van der Waals surface area contributed by atoms with Gasteiger partial charge in [0, 0.05) is 36.4 Å². The Morgan fingerprint density at radius 3 is 2.81 bits per heavy atom. The summed E-state index contributed by atoms with van der Waals surface area (Å²) in [7, 11) is 0. The van der Waals surface area contributed by atoms with Gasteiger partial charge in [0.1, 0.15) is 5.82 Å². The van der Waals surface area contributed by atoms with E-state index in [0.29, 0.717) is 12.0 Å². The van der Waals surface area contributed by atoms with Crippen molar-refractivity contribution in [2.24, 2.45) is 0 Å². The van der Waals surface area contributed by atoms with Gasteiger partial charge in [-0.25, -0.2) is 4.98 Å². The normalized spacial score (nSPS) is 16.5. The first-order chi connectivity index (χ1) is 15.8. The van der Waals surface area contributed by atoms with Crippen LogP contribution in [0.25, 0.3) is 10.9 Å².